The molecule has 3 rings (SSSR count). The van der Waals surface area contributed by atoms with Crippen molar-refractivity contribution in [2.75, 3.05) is 0 Å². The third-order valence-corrected chi connectivity index (χ3v) is 3.35. The second-order valence-electron chi connectivity index (χ2n) is 4.99. The number of nitrogens with two attached hydrogens (primary N) is 1. The summed E-state index contributed by atoms with van der Waals surface area (Å²) in [5.41, 5.74) is 9.65. The van der Waals surface area contributed by atoms with Crippen LogP contribution in [0.5, 0.6) is 0 Å². The Morgan fingerprint density at radius 1 is 1.05 bits per heavy atom. The van der Waals surface area contributed by atoms with Crippen molar-refractivity contribution in [3.63, 3.8) is 0 Å². The third-order valence-electron chi connectivity index (χ3n) is 3.35. The molecule has 19 heavy (non-hydrogen) atoms. The van der Waals surface area contributed by atoms with Gasteiger partial charge in [-0.3, -0.25) is 0 Å². The molecule has 1 atom stereocenters. The summed E-state index contributed by atoms with van der Waals surface area (Å²) in [4.78, 5) is 0. The summed E-state index contributed by atoms with van der Waals surface area (Å²) in [6.07, 6.45) is 0.793. The lowest BCUT2D eigenvalue weighted by molar-refractivity contribution is 0.494. The average molecular weight is 251 g/mol. The van der Waals surface area contributed by atoms with Crippen LogP contribution in [0.4, 0.5) is 0 Å². The fraction of sp³-hybridized carbons (Fsp3) is 0.176. The Hall–Kier alpha value is -2.06. The summed E-state index contributed by atoms with van der Waals surface area (Å²) >= 11 is 0. The Morgan fingerprint density at radius 2 is 1.89 bits per heavy atom. The number of hydrogen-bond acceptors (Lipinski definition) is 2. The van der Waals surface area contributed by atoms with E-state index in [2.05, 4.69) is 31.2 Å². The van der Waals surface area contributed by atoms with Gasteiger partial charge >= 0.3 is 0 Å². The van der Waals surface area contributed by atoms with Gasteiger partial charge < -0.3 is 10.2 Å². The van der Waals surface area contributed by atoms with Crippen LogP contribution in [0.25, 0.3) is 11.0 Å². The van der Waals surface area contributed by atoms with Gasteiger partial charge in [-0.05, 0) is 31.0 Å². The van der Waals surface area contributed by atoms with E-state index < -0.39 is 0 Å². The van der Waals surface area contributed by atoms with Gasteiger partial charge in [0.1, 0.15) is 11.3 Å². The highest BCUT2D eigenvalue weighted by molar-refractivity contribution is 5.77. The van der Waals surface area contributed by atoms with Crippen molar-refractivity contribution in [1.82, 2.24) is 0 Å². The summed E-state index contributed by atoms with van der Waals surface area (Å²) in [6, 6.07) is 18.4. The van der Waals surface area contributed by atoms with Gasteiger partial charge in [0.25, 0.3) is 0 Å². The first-order chi connectivity index (χ1) is 9.22. The lowest BCUT2D eigenvalue weighted by atomic mass is 10.0. The minimum atomic E-state index is -0.103. The van der Waals surface area contributed by atoms with E-state index in [1.54, 1.807) is 0 Å². The molecule has 0 bridgehead atoms. The van der Waals surface area contributed by atoms with Crippen molar-refractivity contribution in [2.45, 2.75) is 19.4 Å². The van der Waals surface area contributed by atoms with Crippen molar-refractivity contribution in [1.29, 1.82) is 0 Å². The zero-order valence-corrected chi connectivity index (χ0v) is 11.0. The SMILES string of the molecule is Cc1cccc(CC(N)c2cc3ccccc3o2)c1. The Bertz CT molecular complexity index is 666. The highest BCUT2D eigenvalue weighted by Gasteiger charge is 2.12. The van der Waals surface area contributed by atoms with Gasteiger partial charge in [-0.15, -0.1) is 0 Å². The lowest BCUT2D eigenvalue weighted by Gasteiger charge is -2.09. The van der Waals surface area contributed by atoms with Gasteiger partial charge in [0.15, 0.2) is 0 Å². The molecule has 0 spiro atoms. The van der Waals surface area contributed by atoms with E-state index in [0.717, 1.165) is 23.2 Å². The zero-order chi connectivity index (χ0) is 13.2. The number of para-hydroxylation sites is 1. The maximum atomic E-state index is 6.25. The molecule has 0 saturated heterocycles. The molecule has 0 fully saturated rings. The van der Waals surface area contributed by atoms with E-state index in [9.17, 15) is 0 Å². The van der Waals surface area contributed by atoms with Crippen LogP contribution in [0.2, 0.25) is 0 Å². The molecule has 1 heterocycles. The lowest BCUT2D eigenvalue weighted by Crippen LogP contribution is -2.12. The molecular weight excluding hydrogens is 234 g/mol. The van der Waals surface area contributed by atoms with E-state index in [1.165, 1.54) is 11.1 Å². The van der Waals surface area contributed by atoms with Crippen LogP contribution < -0.4 is 5.73 Å². The largest absolute Gasteiger partial charge is 0.459 e. The van der Waals surface area contributed by atoms with E-state index in [-0.39, 0.29) is 6.04 Å². The van der Waals surface area contributed by atoms with Crippen LogP contribution in [-0.4, -0.2) is 0 Å². The third kappa shape index (κ3) is 2.54. The Labute approximate surface area is 112 Å². The molecule has 0 radical (unpaired) electrons. The molecule has 2 heteroatoms. The fourth-order valence-corrected chi connectivity index (χ4v) is 2.38. The molecule has 0 amide bonds. The number of furan rings is 1. The molecular formula is C17H17NO. The van der Waals surface area contributed by atoms with E-state index in [1.807, 2.05) is 30.3 Å². The maximum absolute atomic E-state index is 6.25. The summed E-state index contributed by atoms with van der Waals surface area (Å²) in [5.74, 6) is 0.850. The molecule has 3 aromatic rings. The highest BCUT2D eigenvalue weighted by atomic mass is 16.3. The first-order valence-corrected chi connectivity index (χ1v) is 6.52. The molecule has 0 aliphatic rings. The molecule has 2 nitrogen and oxygen atoms in total. The van der Waals surface area contributed by atoms with Crippen molar-refractivity contribution >= 4 is 11.0 Å². The normalized spacial score (nSPS) is 12.7. The van der Waals surface area contributed by atoms with Crippen LogP contribution in [0.3, 0.4) is 0 Å². The highest BCUT2D eigenvalue weighted by Crippen LogP contribution is 2.24. The Kier molecular flexibility index (Phi) is 3.10. The van der Waals surface area contributed by atoms with Gasteiger partial charge in [-0.1, -0.05) is 48.0 Å². The van der Waals surface area contributed by atoms with Crippen molar-refractivity contribution in [2.24, 2.45) is 5.73 Å². The number of aryl methyl sites for hydroxylation is 1. The van der Waals surface area contributed by atoms with E-state index in [4.69, 9.17) is 10.2 Å². The molecule has 2 N–H and O–H groups in total. The average Bonchev–Trinajstić information content (AvgIpc) is 2.82. The molecule has 1 unspecified atom stereocenters. The van der Waals surface area contributed by atoms with Crippen LogP contribution >= 0.6 is 0 Å². The molecule has 2 aromatic carbocycles. The quantitative estimate of drug-likeness (QED) is 0.764. The van der Waals surface area contributed by atoms with Gasteiger partial charge in [-0.25, -0.2) is 0 Å². The number of hydrogen-bond donors (Lipinski definition) is 1. The predicted octanol–water partition coefficient (Wildman–Crippen LogP) is 3.98. The molecule has 0 aliphatic carbocycles. The van der Waals surface area contributed by atoms with Gasteiger partial charge in [-0.2, -0.15) is 0 Å². The van der Waals surface area contributed by atoms with E-state index in [0.29, 0.717) is 0 Å². The summed E-state index contributed by atoms with van der Waals surface area (Å²) in [5, 5.41) is 1.11. The van der Waals surface area contributed by atoms with Gasteiger partial charge in [0.2, 0.25) is 0 Å². The van der Waals surface area contributed by atoms with Crippen LogP contribution in [0.15, 0.2) is 59.0 Å². The summed E-state index contributed by atoms with van der Waals surface area (Å²) < 4.78 is 5.81. The van der Waals surface area contributed by atoms with Gasteiger partial charge in [0, 0.05) is 5.39 Å². The van der Waals surface area contributed by atoms with Crippen LogP contribution in [0, 0.1) is 6.92 Å². The topological polar surface area (TPSA) is 39.2 Å². The second kappa shape index (κ2) is 4.90. The Balaban J connectivity index is 1.85. The van der Waals surface area contributed by atoms with Crippen molar-refractivity contribution in [3.05, 3.63) is 71.5 Å². The number of fused-ring (bicyclic) bond motifs is 1. The number of rotatable bonds is 3. The maximum Gasteiger partial charge on any atom is 0.134 e. The fourth-order valence-electron chi connectivity index (χ4n) is 2.38. The van der Waals surface area contributed by atoms with Crippen molar-refractivity contribution in [3.8, 4) is 0 Å². The van der Waals surface area contributed by atoms with Crippen molar-refractivity contribution < 1.29 is 4.42 Å². The van der Waals surface area contributed by atoms with E-state index >= 15 is 0 Å². The molecule has 96 valence electrons. The molecule has 0 aliphatic heterocycles. The smallest absolute Gasteiger partial charge is 0.134 e. The predicted molar refractivity (Wildman–Crippen MR) is 78.0 cm³/mol. The Morgan fingerprint density at radius 3 is 2.68 bits per heavy atom. The summed E-state index contributed by atoms with van der Waals surface area (Å²) in [7, 11) is 0. The minimum absolute atomic E-state index is 0.103. The standard InChI is InChI=1S/C17H17NO/c1-12-5-4-6-13(9-12)10-15(18)17-11-14-7-2-3-8-16(14)19-17/h2-9,11,15H,10,18H2,1H3. The van der Waals surface area contributed by atoms with Gasteiger partial charge in [0.05, 0.1) is 6.04 Å². The minimum Gasteiger partial charge on any atom is -0.459 e. The van der Waals surface area contributed by atoms with Crippen LogP contribution in [0.1, 0.15) is 22.9 Å². The van der Waals surface area contributed by atoms with Crippen LogP contribution in [-0.2, 0) is 6.42 Å². The molecule has 0 saturated carbocycles. The zero-order valence-electron chi connectivity index (χ0n) is 11.0. The monoisotopic (exact) mass is 251 g/mol. The second-order valence-corrected chi connectivity index (χ2v) is 4.99. The first kappa shape index (κ1) is 12.0. The number of benzene rings is 2. The first-order valence-electron chi connectivity index (χ1n) is 6.52. The molecule has 1 aromatic heterocycles. The summed E-state index contributed by atoms with van der Waals surface area (Å²) in [6.45, 7) is 2.09.